The molecule has 3 heteroatoms. The standard InChI is InChI=1S/C20H27NO2/c1-3-17(20(9-6-10-20)19(22)23-2)21-12-16-15-11-13-7-4-5-8-14(13)18(15)16/h4-5,7-8,15-18,21H,3,6,9-12H2,1-2H3/t15-,16+,17-,18-/m0/s1. The number of fused-ring (bicyclic) bond motifs is 3. The molecule has 3 aliphatic carbocycles. The van der Waals surface area contributed by atoms with Gasteiger partial charge in [0.05, 0.1) is 12.5 Å². The lowest BCUT2D eigenvalue weighted by Gasteiger charge is -2.45. The molecule has 3 aliphatic rings. The Labute approximate surface area is 138 Å². The normalized spacial score (nSPS) is 30.8. The predicted octanol–water partition coefficient (Wildman–Crippen LogP) is 3.28. The van der Waals surface area contributed by atoms with Crippen molar-refractivity contribution in [2.24, 2.45) is 17.3 Å². The molecular formula is C20H27NO2. The largest absolute Gasteiger partial charge is 0.469 e. The molecule has 1 N–H and O–H groups in total. The molecule has 4 atom stereocenters. The van der Waals surface area contributed by atoms with Crippen LogP contribution in [-0.2, 0) is 16.0 Å². The Hall–Kier alpha value is -1.35. The first-order valence-electron chi connectivity index (χ1n) is 9.11. The maximum Gasteiger partial charge on any atom is 0.313 e. The zero-order chi connectivity index (χ0) is 16.0. The molecule has 124 valence electrons. The van der Waals surface area contributed by atoms with E-state index in [1.807, 2.05) is 0 Å². The summed E-state index contributed by atoms with van der Waals surface area (Å²) in [6.07, 6.45) is 5.34. The number of rotatable bonds is 6. The Morgan fingerprint density at radius 2 is 2.17 bits per heavy atom. The van der Waals surface area contributed by atoms with E-state index >= 15 is 0 Å². The Morgan fingerprint density at radius 3 is 2.83 bits per heavy atom. The third kappa shape index (κ3) is 2.24. The molecule has 23 heavy (non-hydrogen) atoms. The van der Waals surface area contributed by atoms with Gasteiger partial charge >= 0.3 is 5.97 Å². The van der Waals surface area contributed by atoms with E-state index < -0.39 is 0 Å². The molecule has 1 aromatic carbocycles. The van der Waals surface area contributed by atoms with Crippen LogP contribution in [0.15, 0.2) is 24.3 Å². The molecule has 2 fully saturated rings. The van der Waals surface area contributed by atoms with E-state index in [0.29, 0.717) is 0 Å². The van der Waals surface area contributed by atoms with Crippen LogP contribution >= 0.6 is 0 Å². The summed E-state index contributed by atoms with van der Waals surface area (Å²) in [5, 5.41) is 3.75. The Bertz CT molecular complexity index is 607. The van der Waals surface area contributed by atoms with E-state index in [0.717, 1.165) is 50.0 Å². The van der Waals surface area contributed by atoms with Crippen LogP contribution in [0.25, 0.3) is 0 Å². The third-order valence-electron chi connectivity index (χ3n) is 6.71. The molecule has 2 saturated carbocycles. The van der Waals surface area contributed by atoms with Gasteiger partial charge in [-0.2, -0.15) is 0 Å². The minimum Gasteiger partial charge on any atom is -0.469 e. The van der Waals surface area contributed by atoms with Crippen molar-refractivity contribution in [2.75, 3.05) is 13.7 Å². The number of benzene rings is 1. The van der Waals surface area contributed by atoms with E-state index in [9.17, 15) is 4.79 Å². The lowest BCUT2D eigenvalue weighted by atomic mass is 9.63. The van der Waals surface area contributed by atoms with Crippen molar-refractivity contribution >= 4 is 5.97 Å². The lowest BCUT2D eigenvalue weighted by molar-refractivity contribution is -0.161. The Balaban J connectivity index is 1.39. The maximum atomic E-state index is 12.3. The summed E-state index contributed by atoms with van der Waals surface area (Å²) in [5.41, 5.74) is 2.87. The highest BCUT2D eigenvalue weighted by Gasteiger charge is 2.56. The number of ether oxygens (including phenoxy) is 1. The molecule has 3 nitrogen and oxygen atoms in total. The fraction of sp³-hybridized carbons (Fsp3) is 0.650. The number of esters is 1. The van der Waals surface area contributed by atoms with Gasteiger partial charge in [0, 0.05) is 6.04 Å². The van der Waals surface area contributed by atoms with Gasteiger partial charge in [0.2, 0.25) is 0 Å². The molecule has 0 heterocycles. The molecule has 0 bridgehead atoms. The van der Waals surface area contributed by atoms with Crippen LogP contribution in [0.4, 0.5) is 0 Å². The summed E-state index contributed by atoms with van der Waals surface area (Å²) in [4.78, 5) is 12.3. The fourth-order valence-electron chi connectivity index (χ4n) is 5.23. The predicted molar refractivity (Wildman–Crippen MR) is 90.2 cm³/mol. The molecule has 4 rings (SSSR count). The Morgan fingerprint density at radius 1 is 1.39 bits per heavy atom. The summed E-state index contributed by atoms with van der Waals surface area (Å²) >= 11 is 0. The molecular weight excluding hydrogens is 286 g/mol. The number of methoxy groups -OCH3 is 1. The second kappa shape index (κ2) is 5.62. The van der Waals surface area contributed by atoms with Crippen LogP contribution in [0.5, 0.6) is 0 Å². The van der Waals surface area contributed by atoms with Gasteiger partial charge in [0.15, 0.2) is 0 Å². The van der Waals surface area contributed by atoms with Gasteiger partial charge in [0.1, 0.15) is 0 Å². The van der Waals surface area contributed by atoms with Crippen molar-refractivity contribution in [3.8, 4) is 0 Å². The summed E-state index contributed by atoms with van der Waals surface area (Å²) in [6, 6.07) is 9.17. The molecule has 0 saturated heterocycles. The van der Waals surface area contributed by atoms with Gasteiger partial charge < -0.3 is 10.1 Å². The highest BCUT2D eigenvalue weighted by molar-refractivity contribution is 5.78. The quantitative estimate of drug-likeness (QED) is 0.819. The zero-order valence-corrected chi connectivity index (χ0v) is 14.2. The van der Waals surface area contributed by atoms with Gasteiger partial charge in [0.25, 0.3) is 0 Å². The number of hydrogen-bond donors (Lipinski definition) is 1. The first-order chi connectivity index (χ1) is 11.2. The van der Waals surface area contributed by atoms with Gasteiger partial charge in [-0.15, -0.1) is 0 Å². The van der Waals surface area contributed by atoms with Crippen LogP contribution in [0.1, 0.15) is 49.7 Å². The molecule has 0 aromatic heterocycles. The Kier molecular flexibility index (Phi) is 3.72. The molecule has 0 unspecified atom stereocenters. The minimum absolute atomic E-state index is 0.00978. The number of nitrogens with one attached hydrogen (secondary N) is 1. The topological polar surface area (TPSA) is 38.3 Å². The second-order valence-corrected chi connectivity index (χ2v) is 7.63. The SMILES string of the molecule is CC[C@H](NC[C@@H]1[C@@H]2Cc3ccccc3[C@H]12)C1(C(=O)OC)CCC1. The van der Waals surface area contributed by atoms with E-state index in [4.69, 9.17) is 4.74 Å². The highest BCUT2D eigenvalue weighted by atomic mass is 16.5. The van der Waals surface area contributed by atoms with Crippen molar-refractivity contribution in [3.05, 3.63) is 35.4 Å². The summed E-state index contributed by atoms with van der Waals surface area (Å²) in [7, 11) is 1.53. The molecule has 1 aromatic rings. The summed E-state index contributed by atoms with van der Waals surface area (Å²) in [6.45, 7) is 3.23. The van der Waals surface area contributed by atoms with Crippen LogP contribution < -0.4 is 5.32 Å². The first kappa shape index (κ1) is 15.2. The minimum atomic E-state index is -0.259. The van der Waals surface area contributed by atoms with Crippen molar-refractivity contribution in [1.82, 2.24) is 5.32 Å². The van der Waals surface area contributed by atoms with Crippen molar-refractivity contribution in [1.29, 1.82) is 0 Å². The van der Waals surface area contributed by atoms with Crippen molar-refractivity contribution in [3.63, 3.8) is 0 Å². The summed E-state index contributed by atoms with van der Waals surface area (Å²) < 4.78 is 5.10. The van der Waals surface area contributed by atoms with Crippen LogP contribution in [0.3, 0.4) is 0 Å². The molecule has 0 radical (unpaired) electrons. The molecule has 0 amide bonds. The average Bonchev–Trinajstić information content (AvgIpc) is 3.07. The fourth-order valence-corrected chi connectivity index (χ4v) is 5.23. The number of carbonyl (C=O) groups excluding carboxylic acids is 1. The second-order valence-electron chi connectivity index (χ2n) is 7.63. The monoisotopic (exact) mass is 313 g/mol. The first-order valence-corrected chi connectivity index (χ1v) is 9.11. The lowest BCUT2D eigenvalue weighted by Crippen LogP contribution is -2.55. The van der Waals surface area contributed by atoms with Gasteiger partial charge in [-0.25, -0.2) is 0 Å². The highest BCUT2D eigenvalue weighted by Crippen LogP contribution is 2.61. The van der Waals surface area contributed by atoms with E-state index in [1.165, 1.54) is 13.5 Å². The van der Waals surface area contributed by atoms with Crippen molar-refractivity contribution in [2.45, 2.75) is 51.0 Å². The molecule has 0 aliphatic heterocycles. The van der Waals surface area contributed by atoms with Gasteiger partial charge in [-0.3, -0.25) is 4.79 Å². The summed E-state index contributed by atoms with van der Waals surface area (Å²) in [5.74, 6) is 2.33. The van der Waals surface area contributed by atoms with Crippen LogP contribution in [0, 0.1) is 17.3 Å². The third-order valence-corrected chi connectivity index (χ3v) is 6.71. The van der Waals surface area contributed by atoms with E-state index in [-0.39, 0.29) is 17.4 Å². The van der Waals surface area contributed by atoms with E-state index in [1.54, 1.807) is 11.1 Å². The van der Waals surface area contributed by atoms with Crippen LogP contribution in [0.2, 0.25) is 0 Å². The van der Waals surface area contributed by atoms with Crippen LogP contribution in [-0.4, -0.2) is 25.7 Å². The number of carbonyl (C=O) groups is 1. The van der Waals surface area contributed by atoms with E-state index in [2.05, 4.69) is 36.5 Å². The maximum absolute atomic E-state index is 12.3. The average molecular weight is 313 g/mol. The van der Waals surface area contributed by atoms with Gasteiger partial charge in [-0.05, 0) is 61.1 Å². The molecule has 0 spiro atoms. The van der Waals surface area contributed by atoms with Gasteiger partial charge in [-0.1, -0.05) is 37.6 Å². The zero-order valence-electron chi connectivity index (χ0n) is 14.2. The number of hydrogen-bond acceptors (Lipinski definition) is 3. The van der Waals surface area contributed by atoms with Crippen molar-refractivity contribution < 1.29 is 9.53 Å². The smallest absolute Gasteiger partial charge is 0.313 e.